The Morgan fingerprint density at radius 2 is 1.74 bits per heavy atom. The number of benzene rings is 1. The van der Waals surface area contributed by atoms with Gasteiger partial charge in [0.25, 0.3) is 0 Å². The average Bonchev–Trinajstić information content (AvgIpc) is 3.52. The number of piperidine rings is 1. The number of piperazine rings is 1. The summed E-state index contributed by atoms with van der Waals surface area (Å²) in [6.07, 6.45) is -0.0994. The summed E-state index contributed by atoms with van der Waals surface area (Å²) < 4.78 is 38.8. The van der Waals surface area contributed by atoms with E-state index in [0.717, 1.165) is 57.9 Å². The van der Waals surface area contributed by atoms with Crippen molar-refractivity contribution >= 4 is 11.6 Å². The quantitative estimate of drug-likeness (QED) is 0.804. The van der Waals surface area contributed by atoms with Gasteiger partial charge < -0.3 is 9.80 Å². The van der Waals surface area contributed by atoms with E-state index >= 15 is 0 Å². The highest BCUT2D eigenvalue weighted by atomic mass is 19.4. The molecule has 0 unspecified atom stereocenters. The maximum absolute atomic E-state index is 12.9. The molecule has 2 heterocycles. The van der Waals surface area contributed by atoms with Crippen molar-refractivity contribution < 1.29 is 18.0 Å². The lowest BCUT2D eigenvalue weighted by Crippen LogP contribution is -2.56. The molecule has 27 heavy (non-hydrogen) atoms. The fraction of sp³-hybridized carbons (Fsp3) is 0.650. The zero-order chi connectivity index (χ0) is 19.0. The Labute approximate surface area is 157 Å². The van der Waals surface area contributed by atoms with Gasteiger partial charge in [0.1, 0.15) is 0 Å². The minimum atomic E-state index is -4.31. The van der Waals surface area contributed by atoms with E-state index < -0.39 is 11.7 Å². The van der Waals surface area contributed by atoms with Gasteiger partial charge in [0, 0.05) is 56.9 Å². The van der Waals surface area contributed by atoms with Crippen LogP contribution in [0.4, 0.5) is 18.9 Å². The molecule has 4 rings (SSSR count). The Hall–Kier alpha value is -1.76. The van der Waals surface area contributed by atoms with Gasteiger partial charge in [-0.2, -0.15) is 13.2 Å². The van der Waals surface area contributed by atoms with Gasteiger partial charge >= 0.3 is 6.18 Å². The van der Waals surface area contributed by atoms with Crippen molar-refractivity contribution in [2.24, 2.45) is 5.92 Å². The zero-order valence-corrected chi connectivity index (χ0v) is 15.4. The van der Waals surface area contributed by atoms with E-state index in [0.29, 0.717) is 30.7 Å². The standard InChI is InChI=1S/C20H26F3N3O/c21-20(22,23)16-3-1-4-17(13-16)24-9-11-25(12-10-24)18-5-2-8-26(14-18)19(27)15-6-7-15/h1,3-4,13,15,18H,2,5-12,14H2/t18-/m0/s1. The molecule has 0 aromatic heterocycles. The maximum Gasteiger partial charge on any atom is 0.416 e. The van der Waals surface area contributed by atoms with Crippen molar-refractivity contribution in [2.75, 3.05) is 44.2 Å². The summed E-state index contributed by atoms with van der Waals surface area (Å²) in [5.74, 6) is 0.587. The van der Waals surface area contributed by atoms with Crippen molar-refractivity contribution in [3.8, 4) is 0 Å². The molecule has 148 valence electrons. The number of alkyl halides is 3. The van der Waals surface area contributed by atoms with E-state index in [4.69, 9.17) is 0 Å². The fourth-order valence-electron chi connectivity index (χ4n) is 4.27. The van der Waals surface area contributed by atoms with Crippen LogP contribution in [0, 0.1) is 5.92 Å². The third-order valence-electron chi connectivity index (χ3n) is 6.00. The molecule has 0 N–H and O–H groups in total. The van der Waals surface area contributed by atoms with Crippen LogP contribution < -0.4 is 4.90 Å². The summed E-state index contributed by atoms with van der Waals surface area (Å²) in [6.45, 7) is 4.76. The maximum atomic E-state index is 12.9. The molecular formula is C20H26F3N3O. The van der Waals surface area contributed by atoms with Crippen LogP contribution in [0.25, 0.3) is 0 Å². The predicted octanol–water partition coefficient (Wildman–Crippen LogP) is 3.23. The monoisotopic (exact) mass is 381 g/mol. The lowest BCUT2D eigenvalue weighted by Gasteiger charge is -2.44. The van der Waals surface area contributed by atoms with Gasteiger partial charge in [-0.3, -0.25) is 9.69 Å². The molecule has 0 spiro atoms. The number of amides is 1. The van der Waals surface area contributed by atoms with Crippen LogP contribution in [0.1, 0.15) is 31.2 Å². The van der Waals surface area contributed by atoms with E-state index in [2.05, 4.69) is 4.90 Å². The van der Waals surface area contributed by atoms with Crippen LogP contribution in [-0.2, 0) is 11.0 Å². The molecule has 7 heteroatoms. The first-order chi connectivity index (χ1) is 12.9. The topological polar surface area (TPSA) is 26.8 Å². The molecule has 1 saturated carbocycles. The molecule has 4 nitrogen and oxygen atoms in total. The summed E-state index contributed by atoms with van der Waals surface area (Å²) in [7, 11) is 0. The van der Waals surface area contributed by atoms with E-state index in [9.17, 15) is 18.0 Å². The summed E-state index contributed by atoms with van der Waals surface area (Å²) in [4.78, 5) is 18.8. The number of hydrogen-bond donors (Lipinski definition) is 0. The number of likely N-dealkylation sites (tertiary alicyclic amines) is 1. The van der Waals surface area contributed by atoms with Crippen LogP contribution in [0.5, 0.6) is 0 Å². The number of anilines is 1. The molecule has 1 aromatic carbocycles. The molecular weight excluding hydrogens is 355 g/mol. The van der Waals surface area contributed by atoms with E-state index in [-0.39, 0.29) is 5.92 Å². The normalized spacial score (nSPS) is 24.9. The molecule has 3 fully saturated rings. The first kappa shape index (κ1) is 18.6. The molecule has 3 aliphatic rings. The summed E-state index contributed by atoms with van der Waals surface area (Å²) in [5, 5.41) is 0. The van der Waals surface area contributed by atoms with Gasteiger partial charge in [-0.05, 0) is 43.9 Å². The average molecular weight is 381 g/mol. The lowest BCUT2D eigenvalue weighted by molar-refractivity contribution is -0.137. The van der Waals surface area contributed by atoms with Crippen LogP contribution in [-0.4, -0.2) is 61.0 Å². The number of carbonyl (C=O) groups excluding carboxylic acids is 1. The van der Waals surface area contributed by atoms with Crippen LogP contribution in [0.3, 0.4) is 0 Å². The van der Waals surface area contributed by atoms with Gasteiger partial charge in [-0.25, -0.2) is 0 Å². The molecule has 0 bridgehead atoms. The van der Waals surface area contributed by atoms with Gasteiger partial charge in [0.05, 0.1) is 5.56 Å². The zero-order valence-electron chi connectivity index (χ0n) is 15.4. The second-order valence-electron chi connectivity index (χ2n) is 7.93. The Kier molecular flexibility index (Phi) is 5.05. The summed E-state index contributed by atoms with van der Waals surface area (Å²) >= 11 is 0. The molecule has 1 atom stereocenters. The van der Waals surface area contributed by atoms with Crippen molar-refractivity contribution in [2.45, 2.75) is 37.9 Å². The van der Waals surface area contributed by atoms with Crippen LogP contribution >= 0.6 is 0 Å². The van der Waals surface area contributed by atoms with E-state index in [1.54, 1.807) is 6.07 Å². The number of hydrogen-bond acceptors (Lipinski definition) is 3. The smallest absolute Gasteiger partial charge is 0.369 e. The Morgan fingerprint density at radius 1 is 1.00 bits per heavy atom. The van der Waals surface area contributed by atoms with Crippen molar-refractivity contribution in [1.82, 2.24) is 9.80 Å². The highest BCUT2D eigenvalue weighted by Crippen LogP contribution is 2.33. The Morgan fingerprint density at radius 3 is 2.41 bits per heavy atom. The van der Waals surface area contributed by atoms with Gasteiger partial charge in [0.2, 0.25) is 5.91 Å². The first-order valence-electron chi connectivity index (χ1n) is 9.87. The van der Waals surface area contributed by atoms with E-state index in [1.807, 2.05) is 9.80 Å². The third-order valence-corrected chi connectivity index (χ3v) is 6.00. The number of nitrogens with zero attached hydrogens (tertiary/aromatic N) is 3. The highest BCUT2D eigenvalue weighted by Gasteiger charge is 2.37. The Bertz CT molecular complexity index is 681. The van der Waals surface area contributed by atoms with Crippen molar-refractivity contribution in [3.05, 3.63) is 29.8 Å². The molecule has 1 aliphatic carbocycles. The van der Waals surface area contributed by atoms with Gasteiger partial charge in [-0.1, -0.05) is 6.07 Å². The fourth-order valence-corrected chi connectivity index (χ4v) is 4.27. The van der Waals surface area contributed by atoms with Crippen LogP contribution in [0.2, 0.25) is 0 Å². The molecule has 1 amide bonds. The molecule has 2 aliphatic heterocycles. The Balaban J connectivity index is 1.34. The lowest BCUT2D eigenvalue weighted by atomic mass is 10.0. The minimum absolute atomic E-state index is 0.265. The number of halogens is 3. The number of carbonyl (C=O) groups is 1. The molecule has 1 aromatic rings. The molecule has 2 saturated heterocycles. The van der Waals surface area contributed by atoms with E-state index in [1.165, 1.54) is 12.1 Å². The second-order valence-corrected chi connectivity index (χ2v) is 7.93. The van der Waals surface area contributed by atoms with Crippen LogP contribution in [0.15, 0.2) is 24.3 Å². The first-order valence-corrected chi connectivity index (χ1v) is 9.87. The summed E-state index contributed by atoms with van der Waals surface area (Å²) in [5.41, 5.74) is 0.0441. The number of rotatable bonds is 3. The SMILES string of the molecule is O=C(C1CC1)N1CCC[C@H](N2CCN(c3cccc(C(F)(F)F)c3)CC2)C1. The highest BCUT2D eigenvalue weighted by molar-refractivity contribution is 5.81. The molecule has 0 radical (unpaired) electrons. The minimum Gasteiger partial charge on any atom is -0.369 e. The largest absolute Gasteiger partial charge is 0.416 e. The second kappa shape index (κ2) is 7.34. The predicted molar refractivity (Wildman–Crippen MR) is 97.6 cm³/mol. The van der Waals surface area contributed by atoms with Gasteiger partial charge in [-0.15, -0.1) is 0 Å². The van der Waals surface area contributed by atoms with Gasteiger partial charge in [0.15, 0.2) is 0 Å². The van der Waals surface area contributed by atoms with Crippen molar-refractivity contribution in [3.63, 3.8) is 0 Å². The third kappa shape index (κ3) is 4.23. The summed E-state index contributed by atoms with van der Waals surface area (Å²) in [6, 6.07) is 5.97. The van der Waals surface area contributed by atoms with Crippen molar-refractivity contribution in [1.29, 1.82) is 0 Å².